The van der Waals surface area contributed by atoms with E-state index < -0.39 is 36.4 Å². The molecule has 0 aromatic heterocycles. The van der Waals surface area contributed by atoms with E-state index in [1.807, 2.05) is 0 Å². The standard InChI is InChI=1S/C15H32N4O5/c1-10(21)17-8-4-3-6-12(14(16)23)19-15(24)13(7-5-9-20)18-11(2)22/h10-13,17-18,20-22H,3-9H2,1-2H3,(H2,16,23)(H,19,24)/t10-,11+,12?,13-/m0/s1. The van der Waals surface area contributed by atoms with E-state index in [1.165, 1.54) is 6.92 Å². The molecule has 0 radical (unpaired) electrons. The number of hydrogen-bond donors (Lipinski definition) is 7. The third-order valence-electron chi connectivity index (χ3n) is 3.43. The minimum Gasteiger partial charge on any atom is -0.396 e. The Hall–Kier alpha value is -1.26. The molecule has 142 valence electrons. The smallest absolute Gasteiger partial charge is 0.240 e. The number of aliphatic hydroxyl groups excluding tert-OH is 3. The van der Waals surface area contributed by atoms with Crippen LogP contribution in [0.2, 0.25) is 0 Å². The first kappa shape index (κ1) is 22.7. The van der Waals surface area contributed by atoms with Crippen LogP contribution in [0.3, 0.4) is 0 Å². The van der Waals surface area contributed by atoms with Gasteiger partial charge in [0.25, 0.3) is 0 Å². The fraction of sp³-hybridized carbons (Fsp3) is 0.867. The molecule has 0 bridgehead atoms. The predicted octanol–water partition coefficient (Wildman–Crippen LogP) is -1.88. The van der Waals surface area contributed by atoms with Crippen LogP contribution in [0, 0.1) is 0 Å². The molecule has 0 saturated carbocycles. The van der Waals surface area contributed by atoms with Crippen LogP contribution in [-0.4, -0.2) is 64.8 Å². The summed E-state index contributed by atoms with van der Waals surface area (Å²) in [4.78, 5) is 23.8. The Labute approximate surface area is 143 Å². The molecular formula is C15H32N4O5. The summed E-state index contributed by atoms with van der Waals surface area (Å²) in [6.45, 7) is 3.63. The number of carbonyl (C=O) groups excluding carboxylic acids is 2. The quantitative estimate of drug-likeness (QED) is 0.143. The van der Waals surface area contributed by atoms with Crippen molar-refractivity contribution in [1.82, 2.24) is 16.0 Å². The van der Waals surface area contributed by atoms with Gasteiger partial charge in [-0.05, 0) is 52.5 Å². The minimum absolute atomic E-state index is 0.0687. The zero-order valence-electron chi connectivity index (χ0n) is 14.5. The molecule has 0 rings (SSSR count). The van der Waals surface area contributed by atoms with Crippen molar-refractivity contribution in [2.75, 3.05) is 13.2 Å². The molecule has 2 amide bonds. The molecule has 8 N–H and O–H groups in total. The van der Waals surface area contributed by atoms with E-state index in [4.69, 9.17) is 15.9 Å². The molecule has 0 aliphatic carbocycles. The predicted molar refractivity (Wildman–Crippen MR) is 89.6 cm³/mol. The summed E-state index contributed by atoms with van der Waals surface area (Å²) >= 11 is 0. The molecule has 0 aliphatic rings. The van der Waals surface area contributed by atoms with Crippen LogP contribution in [0.15, 0.2) is 0 Å². The summed E-state index contributed by atoms with van der Waals surface area (Å²) in [5, 5.41) is 35.5. The number of carbonyl (C=O) groups is 2. The summed E-state index contributed by atoms with van der Waals surface area (Å²) in [5.74, 6) is -1.06. The number of amides is 2. The highest BCUT2D eigenvalue weighted by molar-refractivity contribution is 5.88. The lowest BCUT2D eigenvalue weighted by Gasteiger charge is -2.23. The van der Waals surface area contributed by atoms with E-state index in [-0.39, 0.29) is 6.61 Å². The maximum Gasteiger partial charge on any atom is 0.240 e. The fourth-order valence-electron chi connectivity index (χ4n) is 2.22. The monoisotopic (exact) mass is 348 g/mol. The highest BCUT2D eigenvalue weighted by atomic mass is 16.3. The van der Waals surface area contributed by atoms with Gasteiger partial charge >= 0.3 is 0 Å². The normalized spacial score (nSPS) is 16.2. The van der Waals surface area contributed by atoms with Gasteiger partial charge in [0.2, 0.25) is 11.8 Å². The largest absolute Gasteiger partial charge is 0.396 e. The van der Waals surface area contributed by atoms with Gasteiger partial charge in [0.15, 0.2) is 0 Å². The van der Waals surface area contributed by atoms with Gasteiger partial charge in [-0.15, -0.1) is 0 Å². The van der Waals surface area contributed by atoms with E-state index >= 15 is 0 Å². The van der Waals surface area contributed by atoms with Crippen molar-refractivity contribution in [1.29, 1.82) is 0 Å². The topological polar surface area (TPSA) is 157 Å². The van der Waals surface area contributed by atoms with Crippen molar-refractivity contribution in [2.24, 2.45) is 5.73 Å². The minimum atomic E-state index is -0.891. The van der Waals surface area contributed by atoms with E-state index in [1.54, 1.807) is 6.92 Å². The molecule has 0 spiro atoms. The number of unbranched alkanes of at least 4 members (excludes halogenated alkanes) is 1. The van der Waals surface area contributed by atoms with Gasteiger partial charge in [-0.3, -0.25) is 20.2 Å². The zero-order valence-corrected chi connectivity index (χ0v) is 14.5. The maximum atomic E-state index is 12.3. The van der Waals surface area contributed by atoms with Crippen LogP contribution < -0.4 is 21.7 Å². The molecule has 0 aromatic rings. The molecule has 0 aromatic carbocycles. The lowest BCUT2D eigenvalue weighted by molar-refractivity contribution is -0.129. The van der Waals surface area contributed by atoms with Crippen LogP contribution in [0.1, 0.15) is 46.0 Å². The molecule has 4 atom stereocenters. The molecule has 0 heterocycles. The lowest BCUT2D eigenvalue weighted by atomic mass is 10.1. The van der Waals surface area contributed by atoms with Crippen molar-refractivity contribution >= 4 is 11.8 Å². The van der Waals surface area contributed by atoms with Gasteiger partial charge in [0, 0.05) is 6.61 Å². The fourth-order valence-corrected chi connectivity index (χ4v) is 2.22. The van der Waals surface area contributed by atoms with Gasteiger partial charge in [0.1, 0.15) is 18.5 Å². The van der Waals surface area contributed by atoms with Crippen LogP contribution >= 0.6 is 0 Å². The van der Waals surface area contributed by atoms with Crippen LogP contribution in [-0.2, 0) is 9.59 Å². The van der Waals surface area contributed by atoms with Crippen molar-refractivity contribution in [3.05, 3.63) is 0 Å². The van der Waals surface area contributed by atoms with Crippen molar-refractivity contribution in [2.45, 2.75) is 70.5 Å². The van der Waals surface area contributed by atoms with Gasteiger partial charge < -0.3 is 26.4 Å². The summed E-state index contributed by atoms with van der Waals surface area (Å²) in [7, 11) is 0. The van der Waals surface area contributed by atoms with Crippen molar-refractivity contribution in [3.8, 4) is 0 Å². The van der Waals surface area contributed by atoms with Crippen molar-refractivity contribution in [3.63, 3.8) is 0 Å². The molecule has 24 heavy (non-hydrogen) atoms. The molecule has 0 aliphatic heterocycles. The van der Waals surface area contributed by atoms with E-state index in [0.717, 1.165) is 6.42 Å². The second-order valence-electron chi connectivity index (χ2n) is 5.85. The maximum absolute atomic E-state index is 12.3. The molecule has 1 unspecified atom stereocenters. The van der Waals surface area contributed by atoms with E-state index in [0.29, 0.717) is 32.2 Å². The van der Waals surface area contributed by atoms with Gasteiger partial charge in [-0.25, -0.2) is 0 Å². The summed E-state index contributed by atoms with van der Waals surface area (Å²) in [6.07, 6.45) is 1.02. The first-order chi connectivity index (χ1) is 11.3. The Bertz CT molecular complexity index is 366. The average Bonchev–Trinajstić information content (AvgIpc) is 2.48. The van der Waals surface area contributed by atoms with E-state index in [9.17, 15) is 14.7 Å². The van der Waals surface area contributed by atoms with Gasteiger partial charge in [0.05, 0.1) is 6.04 Å². The number of nitrogens with two attached hydrogens (primary N) is 1. The van der Waals surface area contributed by atoms with Crippen LogP contribution in [0.25, 0.3) is 0 Å². The van der Waals surface area contributed by atoms with E-state index in [2.05, 4.69) is 16.0 Å². The second kappa shape index (κ2) is 13.1. The molecule has 0 saturated heterocycles. The Morgan fingerprint density at radius 1 is 1.00 bits per heavy atom. The molecular weight excluding hydrogens is 316 g/mol. The number of rotatable bonds is 14. The number of hydrogen-bond acceptors (Lipinski definition) is 7. The van der Waals surface area contributed by atoms with Crippen LogP contribution in [0.5, 0.6) is 0 Å². The average molecular weight is 348 g/mol. The Kier molecular flexibility index (Phi) is 12.4. The molecule has 9 nitrogen and oxygen atoms in total. The molecule has 0 fully saturated rings. The SMILES string of the molecule is C[C@H](O)NCCCCC(NC(=O)[C@H](CCCO)N[C@@H](C)O)C(N)=O. The Balaban J connectivity index is 4.43. The Morgan fingerprint density at radius 2 is 1.62 bits per heavy atom. The van der Waals surface area contributed by atoms with Crippen molar-refractivity contribution < 1.29 is 24.9 Å². The summed E-state index contributed by atoms with van der Waals surface area (Å²) < 4.78 is 0. The van der Waals surface area contributed by atoms with Crippen LogP contribution in [0.4, 0.5) is 0 Å². The first-order valence-electron chi connectivity index (χ1n) is 8.34. The summed E-state index contributed by atoms with van der Waals surface area (Å²) in [6, 6.07) is -1.51. The zero-order chi connectivity index (χ0) is 18.5. The van der Waals surface area contributed by atoms with Gasteiger partial charge in [-0.2, -0.15) is 0 Å². The third kappa shape index (κ3) is 11.3. The highest BCUT2D eigenvalue weighted by Crippen LogP contribution is 2.04. The number of primary amides is 1. The number of aliphatic hydroxyl groups is 3. The lowest BCUT2D eigenvalue weighted by Crippen LogP contribution is -2.53. The highest BCUT2D eigenvalue weighted by Gasteiger charge is 2.24. The summed E-state index contributed by atoms with van der Waals surface area (Å²) in [5.41, 5.74) is 5.33. The first-order valence-corrected chi connectivity index (χ1v) is 8.34. The Morgan fingerprint density at radius 3 is 2.12 bits per heavy atom. The third-order valence-corrected chi connectivity index (χ3v) is 3.43. The number of nitrogens with one attached hydrogen (secondary N) is 3. The second-order valence-corrected chi connectivity index (χ2v) is 5.85. The molecule has 9 heteroatoms. The van der Waals surface area contributed by atoms with Gasteiger partial charge in [-0.1, -0.05) is 0 Å².